The Morgan fingerprint density at radius 3 is 3.08 bits per heavy atom. The second-order valence-electron chi connectivity index (χ2n) is 2.66. The first-order valence-corrected chi connectivity index (χ1v) is 3.99. The molecule has 0 aromatic heterocycles. The molecular weight excluding hydrogens is 172 g/mol. The van der Waals surface area contributed by atoms with Crippen LogP contribution in [-0.2, 0) is 14.3 Å². The van der Waals surface area contributed by atoms with E-state index in [1.807, 2.05) is 0 Å². The van der Waals surface area contributed by atoms with Crippen LogP contribution in [0.3, 0.4) is 0 Å². The number of methoxy groups -OCH3 is 1. The van der Waals surface area contributed by atoms with E-state index in [0.717, 1.165) is 6.54 Å². The van der Waals surface area contributed by atoms with E-state index in [-0.39, 0.29) is 5.91 Å². The van der Waals surface area contributed by atoms with Crippen LogP contribution in [0.5, 0.6) is 0 Å². The van der Waals surface area contributed by atoms with Crippen molar-refractivity contribution in [2.24, 2.45) is 0 Å². The predicted molar refractivity (Wildman–Crippen MR) is 45.7 cm³/mol. The summed E-state index contributed by atoms with van der Waals surface area (Å²) in [6.07, 6.45) is 2.88. The fourth-order valence-electron chi connectivity index (χ4n) is 1.02. The van der Waals surface area contributed by atoms with Gasteiger partial charge in [-0.2, -0.15) is 0 Å². The minimum Gasteiger partial charge on any atom is -0.466 e. The molecule has 1 N–H and O–H groups in total. The van der Waals surface area contributed by atoms with Crippen molar-refractivity contribution < 1.29 is 14.3 Å². The summed E-state index contributed by atoms with van der Waals surface area (Å²) in [5.74, 6) is -0.438. The molecule has 1 saturated heterocycles. The highest BCUT2D eigenvalue weighted by Gasteiger charge is 2.12. The van der Waals surface area contributed by atoms with E-state index in [1.165, 1.54) is 13.2 Å². The quantitative estimate of drug-likeness (QED) is 0.446. The molecule has 1 rings (SSSR count). The van der Waals surface area contributed by atoms with E-state index in [0.29, 0.717) is 13.1 Å². The van der Waals surface area contributed by atoms with Crippen LogP contribution in [-0.4, -0.2) is 43.5 Å². The summed E-state index contributed by atoms with van der Waals surface area (Å²) in [6, 6.07) is 0. The maximum atomic E-state index is 10.9. The van der Waals surface area contributed by atoms with E-state index in [4.69, 9.17) is 0 Å². The molecule has 0 spiro atoms. The molecule has 5 nitrogen and oxygen atoms in total. The first kappa shape index (κ1) is 9.57. The van der Waals surface area contributed by atoms with E-state index >= 15 is 0 Å². The van der Waals surface area contributed by atoms with Crippen LogP contribution in [0.2, 0.25) is 0 Å². The SMILES string of the molecule is COC(=O)/C=C/N1CCNC(=O)C1. The zero-order valence-corrected chi connectivity index (χ0v) is 7.45. The third-order valence-corrected chi connectivity index (χ3v) is 1.69. The second kappa shape index (κ2) is 4.49. The molecule has 0 bridgehead atoms. The molecule has 0 aromatic carbocycles. The van der Waals surface area contributed by atoms with Crippen molar-refractivity contribution in [2.75, 3.05) is 26.7 Å². The van der Waals surface area contributed by atoms with Gasteiger partial charge < -0.3 is 15.0 Å². The fourth-order valence-corrected chi connectivity index (χ4v) is 1.02. The molecule has 13 heavy (non-hydrogen) atoms. The first-order valence-electron chi connectivity index (χ1n) is 3.99. The van der Waals surface area contributed by atoms with Gasteiger partial charge >= 0.3 is 5.97 Å². The highest BCUT2D eigenvalue weighted by molar-refractivity contribution is 5.82. The molecule has 1 aliphatic heterocycles. The number of carbonyl (C=O) groups is 2. The number of hydrogen-bond acceptors (Lipinski definition) is 4. The third-order valence-electron chi connectivity index (χ3n) is 1.69. The highest BCUT2D eigenvalue weighted by atomic mass is 16.5. The number of hydrogen-bond donors (Lipinski definition) is 1. The van der Waals surface area contributed by atoms with Crippen LogP contribution in [0.1, 0.15) is 0 Å². The van der Waals surface area contributed by atoms with Gasteiger partial charge in [-0.05, 0) is 0 Å². The Bertz CT molecular complexity index is 238. The molecule has 0 unspecified atom stereocenters. The smallest absolute Gasteiger partial charge is 0.331 e. The maximum Gasteiger partial charge on any atom is 0.331 e. The van der Waals surface area contributed by atoms with Gasteiger partial charge in [-0.1, -0.05) is 0 Å². The topological polar surface area (TPSA) is 58.6 Å². The lowest BCUT2D eigenvalue weighted by molar-refractivity contribution is -0.135. The number of amides is 1. The average Bonchev–Trinajstić information content (AvgIpc) is 2.14. The Balaban J connectivity index is 2.39. The van der Waals surface area contributed by atoms with Gasteiger partial charge in [0.2, 0.25) is 5.91 Å². The molecule has 0 radical (unpaired) electrons. The molecule has 0 atom stereocenters. The summed E-state index contributed by atoms with van der Waals surface area (Å²) in [6.45, 7) is 1.64. The van der Waals surface area contributed by atoms with E-state index < -0.39 is 5.97 Å². The summed E-state index contributed by atoms with van der Waals surface area (Å²) in [7, 11) is 1.32. The number of carbonyl (C=O) groups excluding carboxylic acids is 2. The zero-order valence-electron chi connectivity index (χ0n) is 7.45. The molecule has 0 aliphatic carbocycles. The van der Waals surface area contributed by atoms with Gasteiger partial charge in [-0.15, -0.1) is 0 Å². The zero-order chi connectivity index (χ0) is 9.68. The summed E-state index contributed by atoms with van der Waals surface area (Å²) < 4.78 is 4.42. The van der Waals surface area contributed by atoms with Gasteiger partial charge in [-0.25, -0.2) is 4.79 Å². The van der Waals surface area contributed by atoms with Gasteiger partial charge in [0, 0.05) is 25.4 Å². The lowest BCUT2D eigenvalue weighted by atomic mass is 10.4. The Labute approximate surface area is 76.3 Å². The van der Waals surface area contributed by atoms with Crippen molar-refractivity contribution in [2.45, 2.75) is 0 Å². The van der Waals surface area contributed by atoms with Crippen LogP contribution in [0.25, 0.3) is 0 Å². The number of ether oxygens (including phenoxy) is 1. The molecule has 1 fully saturated rings. The minimum atomic E-state index is -0.411. The Morgan fingerprint density at radius 1 is 1.69 bits per heavy atom. The second-order valence-corrected chi connectivity index (χ2v) is 2.66. The van der Waals surface area contributed by atoms with Gasteiger partial charge in [0.1, 0.15) is 0 Å². The van der Waals surface area contributed by atoms with Crippen LogP contribution in [0, 0.1) is 0 Å². The largest absolute Gasteiger partial charge is 0.466 e. The number of nitrogens with zero attached hydrogens (tertiary/aromatic N) is 1. The highest BCUT2D eigenvalue weighted by Crippen LogP contribution is 1.94. The third kappa shape index (κ3) is 3.14. The van der Waals surface area contributed by atoms with Crippen LogP contribution < -0.4 is 5.32 Å². The van der Waals surface area contributed by atoms with Crippen LogP contribution >= 0.6 is 0 Å². The number of nitrogens with one attached hydrogen (secondary N) is 1. The minimum absolute atomic E-state index is 0.0271. The summed E-state index contributed by atoms with van der Waals surface area (Å²) >= 11 is 0. The molecule has 1 heterocycles. The Morgan fingerprint density at radius 2 is 2.46 bits per heavy atom. The van der Waals surface area contributed by atoms with Gasteiger partial charge in [0.25, 0.3) is 0 Å². The van der Waals surface area contributed by atoms with Gasteiger partial charge in [-0.3, -0.25) is 4.79 Å². The van der Waals surface area contributed by atoms with Crippen LogP contribution in [0.15, 0.2) is 12.3 Å². The average molecular weight is 184 g/mol. The Kier molecular flexibility index (Phi) is 3.31. The molecule has 0 aromatic rings. The van der Waals surface area contributed by atoms with Gasteiger partial charge in [0.15, 0.2) is 0 Å². The Hall–Kier alpha value is -1.52. The lowest BCUT2D eigenvalue weighted by Gasteiger charge is -2.24. The fraction of sp³-hybridized carbons (Fsp3) is 0.500. The molecule has 72 valence electrons. The number of esters is 1. The molecule has 1 aliphatic rings. The summed E-state index contributed by atoms with van der Waals surface area (Å²) in [5.41, 5.74) is 0. The normalized spacial score (nSPS) is 17.3. The van der Waals surface area contributed by atoms with Crippen molar-refractivity contribution in [3.63, 3.8) is 0 Å². The van der Waals surface area contributed by atoms with Crippen LogP contribution in [0.4, 0.5) is 0 Å². The molecule has 1 amide bonds. The molecule has 0 saturated carbocycles. The number of rotatable bonds is 2. The van der Waals surface area contributed by atoms with Gasteiger partial charge in [0.05, 0.1) is 13.7 Å². The maximum absolute atomic E-state index is 10.9. The molecule has 5 heteroatoms. The standard InChI is InChI=1S/C8H12N2O3/c1-13-8(12)2-4-10-5-3-9-7(11)6-10/h2,4H,3,5-6H2,1H3,(H,9,11)/b4-2+. The van der Waals surface area contributed by atoms with Crippen molar-refractivity contribution >= 4 is 11.9 Å². The van der Waals surface area contributed by atoms with Crippen molar-refractivity contribution in [3.05, 3.63) is 12.3 Å². The monoisotopic (exact) mass is 184 g/mol. The van der Waals surface area contributed by atoms with E-state index in [9.17, 15) is 9.59 Å². The predicted octanol–water partition coefficient (Wildman–Crippen LogP) is -0.895. The summed E-state index contributed by atoms with van der Waals surface area (Å²) in [4.78, 5) is 23.3. The van der Waals surface area contributed by atoms with Crippen molar-refractivity contribution in [1.29, 1.82) is 0 Å². The number of piperazine rings is 1. The summed E-state index contributed by atoms with van der Waals surface area (Å²) in [5, 5.41) is 2.68. The van der Waals surface area contributed by atoms with E-state index in [1.54, 1.807) is 11.1 Å². The molecular formula is C8H12N2O3. The first-order chi connectivity index (χ1) is 6.22. The van der Waals surface area contributed by atoms with Crippen molar-refractivity contribution in [1.82, 2.24) is 10.2 Å². The van der Waals surface area contributed by atoms with Crippen molar-refractivity contribution in [3.8, 4) is 0 Å². The van der Waals surface area contributed by atoms with E-state index in [2.05, 4.69) is 10.1 Å². The lowest BCUT2D eigenvalue weighted by Crippen LogP contribution is -2.45.